The van der Waals surface area contributed by atoms with Gasteiger partial charge in [0, 0.05) is 18.3 Å². The van der Waals surface area contributed by atoms with Gasteiger partial charge in [0.1, 0.15) is 0 Å². The van der Waals surface area contributed by atoms with E-state index < -0.39 is 0 Å². The van der Waals surface area contributed by atoms with Crippen LogP contribution in [0, 0.1) is 5.41 Å². The van der Waals surface area contributed by atoms with Crippen molar-refractivity contribution in [2.24, 2.45) is 5.73 Å². The van der Waals surface area contributed by atoms with Crippen LogP contribution in [-0.2, 0) is 0 Å². The third-order valence-electron chi connectivity index (χ3n) is 5.69. The van der Waals surface area contributed by atoms with E-state index in [1.54, 1.807) is 6.20 Å². The Morgan fingerprint density at radius 3 is 2.74 bits per heavy atom. The number of anilines is 2. The Hall–Kier alpha value is -3.40. The lowest BCUT2D eigenvalue weighted by atomic mass is 9.91. The van der Waals surface area contributed by atoms with E-state index in [0.717, 1.165) is 68.5 Å². The Balaban J connectivity index is 1.28. The van der Waals surface area contributed by atoms with Gasteiger partial charge in [-0.25, -0.2) is 4.98 Å². The summed E-state index contributed by atoms with van der Waals surface area (Å²) >= 11 is 0. The Morgan fingerprint density at radius 1 is 1.19 bits per heavy atom. The van der Waals surface area contributed by atoms with Crippen LogP contribution in [0.1, 0.15) is 37.2 Å². The number of nitrogens with two attached hydrogens (primary N) is 1. The number of hydrogen-bond donors (Lipinski definition) is 6. The molecule has 1 fully saturated rings. The van der Waals surface area contributed by atoms with E-state index in [2.05, 4.69) is 35.5 Å². The Labute approximate surface area is 180 Å². The maximum Gasteiger partial charge on any atom is 0.277 e. The van der Waals surface area contributed by atoms with Crippen molar-refractivity contribution in [3.8, 4) is 0 Å². The van der Waals surface area contributed by atoms with E-state index in [-0.39, 0.29) is 17.4 Å². The molecule has 1 aromatic carbocycles. The molecular weight excluding hydrogens is 394 g/mol. The molecule has 10 heteroatoms. The first kappa shape index (κ1) is 20.9. The fourth-order valence-electron chi connectivity index (χ4n) is 4.04. The molecule has 1 aliphatic heterocycles. The summed E-state index contributed by atoms with van der Waals surface area (Å²) in [7, 11) is 0. The quantitative estimate of drug-likeness (QED) is 0.184. The average molecular weight is 424 g/mol. The highest BCUT2D eigenvalue weighted by atomic mass is 16.1. The van der Waals surface area contributed by atoms with Gasteiger partial charge < -0.3 is 25.9 Å². The molecule has 1 saturated heterocycles. The minimum absolute atomic E-state index is 0.0263. The number of piperidine rings is 1. The van der Waals surface area contributed by atoms with Gasteiger partial charge >= 0.3 is 0 Å². The number of guanidine groups is 1. The van der Waals surface area contributed by atoms with Crippen LogP contribution < -0.4 is 21.9 Å². The first-order valence-electron chi connectivity index (χ1n) is 10.7. The molecule has 1 aliphatic rings. The van der Waals surface area contributed by atoms with Crippen LogP contribution in [0.3, 0.4) is 0 Å². The summed E-state index contributed by atoms with van der Waals surface area (Å²) in [6.07, 6.45) is 5.74. The summed E-state index contributed by atoms with van der Waals surface area (Å²) in [6.45, 7) is 3.72. The molecule has 3 heterocycles. The summed E-state index contributed by atoms with van der Waals surface area (Å²) < 4.78 is 0. The number of H-pyrrole nitrogens is 2. The number of unbranched alkanes of at least 4 members (excludes halogenated alkanes) is 1. The Morgan fingerprint density at radius 2 is 2.00 bits per heavy atom. The molecule has 0 spiro atoms. The topological polar surface area (TPSA) is 152 Å². The number of hydrogen-bond acceptors (Lipinski definition) is 6. The summed E-state index contributed by atoms with van der Waals surface area (Å²) in [4.78, 5) is 30.0. The highest BCUT2D eigenvalue weighted by Gasteiger charge is 2.23. The van der Waals surface area contributed by atoms with E-state index in [1.165, 1.54) is 0 Å². The monoisotopic (exact) mass is 423 g/mol. The van der Waals surface area contributed by atoms with Crippen molar-refractivity contribution in [3.05, 3.63) is 46.4 Å². The molecule has 0 atom stereocenters. The largest absolute Gasteiger partial charge is 0.370 e. The molecule has 0 amide bonds. The molecule has 10 nitrogen and oxygen atoms in total. The molecule has 0 radical (unpaired) electrons. The Bertz CT molecular complexity index is 1050. The van der Waals surface area contributed by atoms with Crippen molar-refractivity contribution in [1.82, 2.24) is 30.2 Å². The molecule has 2 aromatic heterocycles. The number of para-hydroxylation sites is 2. The zero-order valence-corrected chi connectivity index (χ0v) is 17.4. The highest BCUT2D eigenvalue weighted by Crippen LogP contribution is 2.26. The van der Waals surface area contributed by atoms with Crippen LogP contribution in [0.15, 0.2) is 35.3 Å². The lowest BCUT2D eigenvalue weighted by Gasteiger charge is -2.31. The van der Waals surface area contributed by atoms with E-state index in [1.807, 2.05) is 24.3 Å². The molecule has 4 rings (SSSR count). The number of aromatic nitrogens is 4. The van der Waals surface area contributed by atoms with Crippen LogP contribution in [0.25, 0.3) is 11.0 Å². The predicted molar refractivity (Wildman–Crippen MR) is 122 cm³/mol. The number of nitrogens with one attached hydrogen (secondary N) is 5. The van der Waals surface area contributed by atoms with Gasteiger partial charge in [0.05, 0.1) is 11.0 Å². The lowest BCUT2D eigenvalue weighted by Crippen LogP contribution is -2.36. The third-order valence-corrected chi connectivity index (χ3v) is 5.69. The van der Waals surface area contributed by atoms with Gasteiger partial charge in [0.15, 0.2) is 5.96 Å². The molecule has 3 aromatic rings. The number of rotatable bonds is 8. The first-order valence-corrected chi connectivity index (χ1v) is 10.7. The van der Waals surface area contributed by atoms with Crippen LogP contribution in [0.5, 0.6) is 0 Å². The van der Waals surface area contributed by atoms with Crippen molar-refractivity contribution in [2.45, 2.75) is 31.6 Å². The minimum Gasteiger partial charge on any atom is -0.370 e. The average Bonchev–Trinajstić information content (AvgIpc) is 3.16. The SMILES string of the molecule is N=C(N)NCCCCN1CCC(c2c[nH]c(Nc3nc4ccccc4[nH]3)nc2=O)CC1. The standard InChI is InChI=1S/C21H29N9O/c22-19(23)24-9-3-4-10-30-11-7-14(8-12-30)15-13-25-20(28-18(15)31)29-21-26-16-5-1-2-6-17(16)27-21/h1-2,5-6,13-14H,3-4,7-12H2,(H4,22,23,24)(H3,25,26,27,28,29,31). The zero-order valence-electron chi connectivity index (χ0n) is 17.4. The number of imidazole rings is 1. The molecule has 7 N–H and O–H groups in total. The van der Waals surface area contributed by atoms with Crippen molar-refractivity contribution in [1.29, 1.82) is 5.41 Å². The van der Waals surface area contributed by atoms with Gasteiger partial charge in [0.25, 0.3) is 5.56 Å². The van der Waals surface area contributed by atoms with E-state index in [9.17, 15) is 4.79 Å². The maximum absolute atomic E-state index is 12.6. The zero-order chi connectivity index (χ0) is 21.6. The van der Waals surface area contributed by atoms with E-state index in [4.69, 9.17) is 11.1 Å². The molecule has 31 heavy (non-hydrogen) atoms. The fourth-order valence-corrected chi connectivity index (χ4v) is 4.04. The van der Waals surface area contributed by atoms with Crippen LogP contribution in [-0.4, -0.2) is 57.0 Å². The number of fused-ring (bicyclic) bond motifs is 1. The van der Waals surface area contributed by atoms with Crippen molar-refractivity contribution in [2.75, 3.05) is 31.5 Å². The summed E-state index contributed by atoms with van der Waals surface area (Å²) in [5, 5.41) is 13.0. The van der Waals surface area contributed by atoms with Crippen LogP contribution >= 0.6 is 0 Å². The van der Waals surface area contributed by atoms with Gasteiger partial charge in [-0.2, -0.15) is 4.98 Å². The minimum atomic E-state index is -0.189. The smallest absolute Gasteiger partial charge is 0.277 e. The number of aromatic amines is 2. The van der Waals surface area contributed by atoms with Gasteiger partial charge in [-0.1, -0.05) is 12.1 Å². The molecule has 0 aliphatic carbocycles. The number of likely N-dealkylation sites (tertiary alicyclic amines) is 1. The number of benzene rings is 1. The highest BCUT2D eigenvalue weighted by molar-refractivity contribution is 5.77. The molecule has 0 saturated carbocycles. The summed E-state index contributed by atoms with van der Waals surface area (Å²) in [5.74, 6) is 1.18. The third kappa shape index (κ3) is 5.40. The van der Waals surface area contributed by atoms with Crippen LogP contribution in [0.2, 0.25) is 0 Å². The normalized spacial score (nSPS) is 15.2. The van der Waals surface area contributed by atoms with Crippen LogP contribution in [0.4, 0.5) is 11.9 Å². The van der Waals surface area contributed by atoms with E-state index >= 15 is 0 Å². The molecule has 0 unspecified atom stereocenters. The van der Waals surface area contributed by atoms with Crippen molar-refractivity contribution < 1.29 is 0 Å². The first-order chi connectivity index (χ1) is 15.1. The molecular formula is C21H29N9O. The second kappa shape index (κ2) is 9.61. The second-order valence-corrected chi connectivity index (χ2v) is 7.90. The van der Waals surface area contributed by atoms with Gasteiger partial charge in [-0.3, -0.25) is 15.5 Å². The Kier molecular flexibility index (Phi) is 6.46. The predicted octanol–water partition coefficient (Wildman–Crippen LogP) is 1.83. The number of nitrogens with zero attached hydrogens (tertiary/aromatic N) is 3. The van der Waals surface area contributed by atoms with Gasteiger partial charge in [0.2, 0.25) is 11.9 Å². The lowest BCUT2D eigenvalue weighted by molar-refractivity contribution is 0.208. The van der Waals surface area contributed by atoms with Crippen molar-refractivity contribution in [3.63, 3.8) is 0 Å². The summed E-state index contributed by atoms with van der Waals surface area (Å²) in [5.41, 5.74) is 7.62. The summed E-state index contributed by atoms with van der Waals surface area (Å²) in [6, 6.07) is 7.74. The fraction of sp³-hybridized carbons (Fsp3) is 0.429. The van der Waals surface area contributed by atoms with Gasteiger partial charge in [-0.15, -0.1) is 0 Å². The van der Waals surface area contributed by atoms with E-state index in [0.29, 0.717) is 11.9 Å². The van der Waals surface area contributed by atoms with Gasteiger partial charge in [-0.05, 0) is 63.4 Å². The molecule has 164 valence electrons. The second-order valence-electron chi connectivity index (χ2n) is 7.90. The van der Waals surface area contributed by atoms with Crippen molar-refractivity contribution >= 4 is 28.9 Å². The maximum atomic E-state index is 12.6. The molecule has 0 bridgehead atoms.